The van der Waals surface area contributed by atoms with E-state index < -0.39 is 12.0 Å². The van der Waals surface area contributed by atoms with Gasteiger partial charge in [0.25, 0.3) is 5.91 Å². The quantitative estimate of drug-likeness (QED) is 0.253. The fourth-order valence-electron chi connectivity index (χ4n) is 3.27. The normalized spacial score (nSPS) is 12.2. The van der Waals surface area contributed by atoms with Gasteiger partial charge in [-0.2, -0.15) is 5.10 Å². The molecule has 0 fully saturated rings. The molecule has 1 amide bonds. The van der Waals surface area contributed by atoms with Gasteiger partial charge in [0.05, 0.1) is 17.5 Å². The molecule has 31 heavy (non-hydrogen) atoms. The van der Waals surface area contributed by atoms with Crippen molar-refractivity contribution in [3.63, 3.8) is 0 Å². The number of aliphatic imine (C=N–C) groups is 1. The highest BCUT2D eigenvalue weighted by molar-refractivity contribution is 6.05. The number of hydrogen-bond donors (Lipinski definition) is 5. The molecule has 4 rings (SSSR count). The molecule has 1 atom stereocenters. The fraction of sp³-hybridized carbons (Fsp3) is 0.0435. The number of aliphatic hydroxyl groups is 1. The zero-order valence-corrected chi connectivity index (χ0v) is 16.4. The number of hydrogen-bond acceptors (Lipinski definition) is 4. The Morgan fingerprint density at radius 3 is 2.71 bits per heavy atom. The van der Waals surface area contributed by atoms with E-state index in [1.807, 2.05) is 24.3 Å². The van der Waals surface area contributed by atoms with Gasteiger partial charge >= 0.3 is 0 Å². The Balaban J connectivity index is 1.62. The Labute approximate surface area is 178 Å². The monoisotopic (exact) mass is 412 g/mol. The molecule has 8 heteroatoms. The third-order valence-corrected chi connectivity index (χ3v) is 4.81. The van der Waals surface area contributed by atoms with Crippen molar-refractivity contribution >= 4 is 34.7 Å². The number of amides is 1. The van der Waals surface area contributed by atoms with Crippen LogP contribution < -0.4 is 11.1 Å². The standard InChI is InChI=1S/C23H20N6O2/c24-13-26-22(25)16-9-10-19-18(12-16)20(29-28-19)15-7-4-8-17(11-15)27-23(31)21(30)14-5-2-1-3-6-14/h1-13,21,30H,(H,27,31)(H,28,29)(H3,24,25,26)/t21-/m0/s1. The number of anilines is 1. The number of carbonyl (C=O) groups excluding carboxylic acids is 1. The van der Waals surface area contributed by atoms with E-state index in [0.29, 0.717) is 22.5 Å². The van der Waals surface area contributed by atoms with Gasteiger partial charge in [-0.25, -0.2) is 4.99 Å². The van der Waals surface area contributed by atoms with Gasteiger partial charge in [0, 0.05) is 22.2 Å². The summed E-state index contributed by atoms with van der Waals surface area (Å²) in [6.45, 7) is 0. The smallest absolute Gasteiger partial charge is 0.257 e. The number of fused-ring (bicyclic) bond motifs is 1. The lowest BCUT2D eigenvalue weighted by molar-refractivity contribution is -0.124. The van der Waals surface area contributed by atoms with Crippen LogP contribution in [0.4, 0.5) is 5.69 Å². The summed E-state index contributed by atoms with van der Waals surface area (Å²) >= 11 is 0. The number of nitrogens with one attached hydrogen (secondary N) is 3. The minimum absolute atomic E-state index is 0.0486. The fourth-order valence-corrected chi connectivity index (χ4v) is 3.27. The Morgan fingerprint density at radius 2 is 1.94 bits per heavy atom. The number of benzene rings is 3. The van der Waals surface area contributed by atoms with Gasteiger partial charge in [-0.15, -0.1) is 0 Å². The number of H-pyrrole nitrogens is 1. The predicted octanol–water partition coefficient (Wildman–Crippen LogP) is 3.21. The van der Waals surface area contributed by atoms with Crippen LogP contribution >= 0.6 is 0 Å². The van der Waals surface area contributed by atoms with Gasteiger partial charge in [-0.05, 0) is 35.9 Å². The summed E-state index contributed by atoms with van der Waals surface area (Å²) < 4.78 is 0. The molecule has 0 aliphatic rings. The minimum atomic E-state index is -1.27. The zero-order chi connectivity index (χ0) is 21.8. The molecule has 6 N–H and O–H groups in total. The van der Waals surface area contributed by atoms with Crippen molar-refractivity contribution in [2.75, 3.05) is 5.32 Å². The van der Waals surface area contributed by atoms with Crippen LogP contribution in [0.1, 0.15) is 17.2 Å². The molecule has 3 aromatic carbocycles. The van der Waals surface area contributed by atoms with E-state index in [4.69, 9.17) is 11.1 Å². The van der Waals surface area contributed by atoms with Gasteiger partial charge in [-0.3, -0.25) is 15.3 Å². The number of rotatable bonds is 5. The Hall–Kier alpha value is -4.30. The van der Waals surface area contributed by atoms with Gasteiger partial charge < -0.3 is 16.2 Å². The van der Waals surface area contributed by atoms with Crippen molar-refractivity contribution in [1.29, 1.82) is 5.41 Å². The number of carbonyl (C=O) groups is 1. The second-order valence-electron chi connectivity index (χ2n) is 6.84. The first-order valence-corrected chi connectivity index (χ1v) is 9.52. The molecule has 1 heterocycles. The summed E-state index contributed by atoms with van der Waals surface area (Å²) in [4.78, 5) is 16.3. The lowest BCUT2D eigenvalue weighted by atomic mass is 10.0. The zero-order valence-electron chi connectivity index (χ0n) is 16.4. The van der Waals surface area contributed by atoms with E-state index in [0.717, 1.165) is 22.8 Å². The van der Waals surface area contributed by atoms with Crippen LogP contribution in [0.25, 0.3) is 22.2 Å². The third kappa shape index (κ3) is 4.19. The number of aromatic nitrogens is 2. The topological polar surface area (TPSA) is 140 Å². The highest BCUT2D eigenvalue weighted by Crippen LogP contribution is 2.29. The van der Waals surface area contributed by atoms with Crippen LogP contribution in [-0.2, 0) is 4.79 Å². The first-order valence-electron chi connectivity index (χ1n) is 9.52. The molecular weight excluding hydrogens is 392 g/mol. The Morgan fingerprint density at radius 1 is 1.13 bits per heavy atom. The molecule has 0 aliphatic heterocycles. The van der Waals surface area contributed by atoms with E-state index in [1.165, 1.54) is 0 Å². The van der Waals surface area contributed by atoms with Gasteiger partial charge in [-0.1, -0.05) is 42.5 Å². The summed E-state index contributed by atoms with van der Waals surface area (Å²) in [5.74, 6) is -0.474. The van der Waals surface area contributed by atoms with Crippen molar-refractivity contribution in [3.8, 4) is 11.3 Å². The van der Waals surface area contributed by atoms with Crippen LogP contribution in [0, 0.1) is 5.41 Å². The maximum atomic E-state index is 12.5. The molecule has 0 aliphatic carbocycles. The Kier molecular flexibility index (Phi) is 5.55. The minimum Gasteiger partial charge on any atom is -0.390 e. The average Bonchev–Trinajstić information content (AvgIpc) is 3.23. The second-order valence-corrected chi connectivity index (χ2v) is 6.84. The van der Waals surface area contributed by atoms with Gasteiger partial charge in [0.15, 0.2) is 11.9 Å². The maximum Gasteiger partial charge on any atom is 0.257 e. The summed E-state index contributed by atoms with van der Waals surface area (Å²) in [6, 6.07) is 21.3. The first-order chi connectivity index (χ1) is 15.1. The van der Waals surface area contributed by atoms with Gasteiger partial charge in [0.2, 0.25) is 0 Å². The molecule has 0 saturated carbocycles. The number of aromatic amines is 1. The first kappa shape index (κ1) is 20.0. The molecule has 1 aromatic heterocycles. The molecule has 0 bridgehead atoms. The lowest BCUT2D eigenvalue weighted by Gasteiger charge is -2.12. The molecular formula is C23H20N6O2. The molecule has 0 radical (unpaired) electrons. The number of nitrogens with two attached hydrogens (primary N) is 1. The van der Waals surface area contributed by atoms with E-state index in [-0.39, 0.29) is 5.84 Å². The maximum absolute atomic E-state index is 12.5. The predicted molar refractivity (Wildman–Crippen MR) is 121 cm³/mol. The third-order valence-electron chi connectivity index (χ3n) is 4.81. The van der Waals surface area contributed by atoms with Crippen molar-refractivity contribution in [1.82, 2.24) is 10.2 Å². The van der Waals surface area contributed by atoms with Gasteiger partial charge in [0.1, 0.15) is 0 Å². The Bertz CT molecular complexity index is 1280. The number of nitrogens with zero attached hydrogens (tertiary/aromatic N) is 2. The molecule has 0 saturated heterocycles. The SMILES string of the molecule is N=C(N=CN)c1ccc2[nH]nc(-c3cccc(NC(=O)[C@@H](O)c4ccccc4)c3)c2c1. The van der Waals surface area contributed by atoms with E-state index in [1.54, 1.807) is 48.5 Å². The van der Waals surface area contributed by atoms with Crippen molar-refractivity contribution < 1.29 is 9.90 Å². The summed E-state index contributed by atoms with van der Waals surface area (Å²) in [5, 5.41) is 29.2. The summed E-state index contributed by atoms with van der Waals surface area (Å²) in [6.07, 6.45) is -0.188. The summed E-state index contributed by atoms with van der Waals surface area (Å²) in [7, 11) is 0. The largest absolute Gasteiger partial charge is 0.390 e. The van der Waals surface area contributed by atoms with E-state index >= 15 is 0 Å². The van der Waals surface area contributed by atoms with Crippen LogP contribution in [0.15, 0.2) is 77.8 Å². The van der Waals surface area contributed by atoms with Crippen molar-refractivity contribution in [2.45, 2.75) is 6.10 Å². The highest BCUT2D eigenvalue weighted by atomic mass is 16.3. The number of aliphatic hydroxyl groups excluding tert-OH is 1. The average molecular weight is 412 g/mol. The molecule has 0 unspecified atom stereocenters. The molecule has 0 spiro atoms. The van der Waals surface area contributed by atoms with Crippen LogP contribution in [0.5, 0.6) is 0 Å². The van der Waals surface area contributed by atoms with E-state index in [2.05, 4.69) is 20.5 Å². The van der Waals surface area contributed by atoms with Crippen LogP contribution in [0.2, 0.25) is 0 Å². The molecule has 8 nitrogen and oxygen atoms in total. The molecule has 4 aromatic rings. The van der Waals surface area contributed by atoms with Crippen molar-refractivity contribution in [3.05, 3.63) is 83.9 Å². The number of amidine groups is 1. The highest BCUT2D eigenvalue weighted by Gasteiger charge is 2.18. The van der Waals surface area contributed by atoms with Crippen LogP contribution in [-0.4, -0.2) is 33.4 Å². The second kappa shape index (κ2) is 8.60. The van der Waals surface area contributed by atoms with Crippen LogP contribution in [0.3, 0.4) is 0 Å². The summed E-state index contributed by atoms with van der Waals surface area (Å²) in [5.41, 5.74) is 9.18. The van der Waals surface area contributed by atoms with E-state index in [9.17, 15) is 9.90 Å². The van der Waals surface area contributed by atoms with Crippen molar-refractivity contribution in [2.24, 2.45) is 10.7 Å². The molecule has 154 valence electrons. The lowest BCUT2D eigenvalue weighted by Crippen LogP contribution is -2.20.